The van der Waals surface area contributed by atoms with Gasteiger partial charge < -0.3 is 5.11 Å². The third-order valence-electron chi connectivity index (χ3n) is 3.50. The molecule has 1 heterocycles. The van der Waals surface area contributed by atoms with Crippen LogP contribution in [0, 0.1) is 5.92 Å². The molecule has 0 atom stereocenters. The van der Waals surface area contributed by atoms with Crippen LogP contribution in [0.15, 0.2) is 29.2 Å². The van der Waals surface area contributed by atoms with Crippen LogP contribution in [-0.4, -0.2) is 35.3 Å². The summed E-state index contributed by atoms with van der Waals surface area (Å²) >= 11 is 1.75. The van der Waals surface area contributed by atoms with Gasteiger partial charge >= 0.3 is 5.97 Å². The minimum atomic E-state index is -0.640. The second-order valence-electron chi connectivity index (χ2n) is 4.74. The monoisotopic (exact) mass is 265 g/mol. The van der Waals surface area contributed by atoms with E-state index in [1.807, 2.05) is 0 Å². The molecule has 98 valence electrons. The second-order valence-corrected chi connectivity index (χ2v) is 5.62. The Morgan fingerprint density at radius 2 is 1.94 bits per heavy atom. The molecule has 2 rings (SSSR count). The molecule has 0 amide bonds. The lowest BCUT2D eigenvalue weighted by Crippen LogP contribution is -2.35. The number of hydrogen-bond acceptors (Lipinski definition) is 3. The van der Waals surface area contributed by atoms with Crippen molar-refractivity contribution in [1.29, 1.82) is 0 Å². The average Bonchev–Trinajstić information content (AvgIpc) is 2.40. The molecule has 1 aliphatic rings. The first-order valence-electron chi connectivity index (χ1n) is 6.27. The van der Waals surface area contributed by atoms with Crippen LogP contribution >= 0.6 is 11.8 Å². The summed E-state index contributed by atoms with van der Waals surface area (Å²) < 4.78 is 0. The Labute approximate surface area is 112 Å². The molecule has 18 heavy (non-hydrogen) atoms. The van der Waals surface area contributed by atoms with Crippen LogP contribution in [0.25, 0.3) is 0 Å². The Morgan fingerprint density at radius 1 is 1.33 bits per heavy atom. The van der Waals surface area contributed by atoms with Crippen LogP contribution in [0.5, 0.6) is 0 Å². The number of carboxylic acid groups (broad SMARTS) is 1. The van der Waals surface area contributed by atoms with Gasteiger partial charge in [-0.15, -0.1) is 11.8 Å². The van der Waals surface area contributed by atoms with Gasteiger partial charge in [-0.1, -0.05) is 12.1 Å². The topological polar surface area (TPSA) is 40.5 Å². The number of nitrogens with zero attached hydrogens (tertiary/aromatic N) is 1. The molecule has 0 aliphatic carbocycles. The van der Waals surface area contributed by atoms with E-state index in [1.54, 1.807) is 11.8 Å². The molecule has 1 aliphatic heterocycles. The molecule has 0 aromatic heterocycles. The maximum atomic E-state index is 10.9. The largest absolute Gasteiger partial charge is 0.481 e. The normalized spacial score (nSPS) is 17.8. The minimum absolute atomic E-state index is 0.139. The SMILES string of the molecule is CSc1ccc(CN2CCC(C(=O)O)CC2)cc1. The highest BCUT2D eigenvalue weighted by molar-refractivity contribution is 7.98. The summed E-state index contributed by atoms with van der Waals surface area (Å²) in [6.45, 7) is 2.71. The van der Waals surface area contributed by atoms with E-state index in [4.69, 9.17) is 5.11 Å². The molecule has 4 heteroatoms. The van der Waals surface area contributed by atoms with Gasteiger partial charge in [-0.05, 0) is 49.9 Å². The first-order valence-corrected chi connectivity index (χ1v) is 7.49. The third-order valence-corrected chi connectivity index (χ3v) is 4.25. The van der Waals surface area contributed by atoms with Gasteiger partial charge in [0.25, 0.3) is 0 Å². The number of aliphatic carboxylic acids is 1. The first kappa shape index (κ1) is 13.4. The summed E-state index contributed by atoms with van der Waals surface area (Å²) in [6.07, 6.45) is 3.63. The highest BCUT2D eigenvalue weighted by Gasteiger charge is 2.24. The highest BCUT2D eigenvalue weighted by Crippen LogP contribution is 2.20. The Balaban J connectivity index is 1.85. The highest BCUT2D eigenvalue weighted by atomic mass is 32.2. The van der Waals surface area contributed by atoms with Crippen molar-refractivity contribution < 1.29 is 9.90 Å². The Bertz CT molecular complexity index is 397. The smallest absolute Gasteiger partial charge is 0.306 e. The van der Waals surface area contributed by atoms with Crippen LogP contribution in [-0.2, 0) is 11.3 Å². The van der Waals surface area contributed by atoms with Crippen LogP contribution in [0.1, 0.15) is 18.4 Å². The van der Waals surface area contributed by atoms with Crippen molar-refractivity contribution in [2.24, 2.45) is 5.92 Å². The van der Waals surface area contributed by atoms with Gasteiger partial charge in [-0.3, -0.25) is 9.69 Å². The zero-order valence-electron chi connectivity index (χ0n) is 10.6. The van der Waals surface area contributed by atoms with Gasteiger partial charge in [0.05, 0.1) is 5.92 Å². The number of hydrogen-bond donors (Lipinski definition) is 1. The van der Waals surface area contributed by atoms with Crippen LogP contribution in [0.3, 0.4) is 0 Å². The van der Waals surface area contributed by atoms with E-state index in [-0.39, 0.29) is 5.92 Å². The molecular formula is C14H19NO2S. The van der Waals surface area contributed by atoms with Gasteiger partial charge in [0.1, 0.15) is 0 Å². The second kappa shape index (κ2) is 6.25. The van der Waals surface area contributed by atoms with E-state index in [1.165, 1.54) is 10.5 Å². The van der Waals surface area contributed by atoms with Crippen molar-refractivity contribution in [3.8, 4) is 0 Å². The lowest BCUT2D eigenvalue weighted by molar-refractivity contribution is -0.143. The first-order chi connectivity index (χ1) is 8.69. The third kappa shape index (κ3) is 3.50. The summed E-state index contributed by atoms with van der Waals surface area (Å²) in [7, 11) is 0. The number of benzene rings is 1. The Kier molecular flexibility index (Phi) is 4.66. The quantitative estimate of drug-likeness (QED) is 0.850. The van der Waals surface area contributed by atoms with Gasteiger partial charge in [0.2, 0.25) is 0 Å². The lowest BCUT2D eigenvalue weighted by Gasteiger charge is -2.30. The lowest BCUT2D eigenvalue weighted by atomic mass is 9.97. The molecule has 1 aromatic rings. The van der Waals surface area contributed by atoms with Crippen molar-refractivity contribution in [3.05, 3.63) is 29.8 Å². The maximum Gasteiger partial charge on any atom is 0.306 e. The zero-order valence-corrected chi connectivity index (χ0v) is 11.4. The molecule has 0 bridgehead atoms. The number of piperidine rings is 1. The summed E-state index contributed by atoms with van der Waals surface area (Å²) in [5.41, 5.74) is 1.31. The molecule has 0 saturated carbocycles. The fraction of sp³-hybridized carbons (Fsp3) is 0.500. The van der Waals surface area contributed by atoms with Crippen molar-refractivity contribution in [2.45, 2.75) is 24.3 Å². The molecule has 1 aromatic carbocycles. The van der Waals surface area contributed by atoms with Crippen molar-refractivity contribution in [2.75, 3.05) is 19.3 Å². The van der Waals surface area contributed by atoms with Crippen LogP contribution in [0.4, 0.5) is 0 Å². The minimum Gasteiger partial charge on any atom is -0.481 e. The van der Waals surface area contributed by atoms with Crippen LogP contribution < -0.4 is 0 Å². The molecular weight excluding hydrogens is 246 g/mol. The molecule has 1 N–H and O–H groups in total. The Hall–Kier alpha value is -1.00. The molecule has 0 radical (unpaired) electrons. The number of rotatable bonds is 4. The summed E-state index contributed by atoms with van der Waals surface area (Å²) in [5, 5.41) is 8.95. The maximum absolute atomic E-state index is 10.9. The molecule has 1 saturated heterocycles. The van der Waals surface area contributed by atoms with E-state index in [0.29, 0.717) is 0 Å². The van der Waals surface area contributed by atoms with Crippen molar-refractivity contribution in [1.82, 2.24) is 4.90 Å². The average molecular weight is 265 g/mol. The summed E-state index contributed by atoms with van der Waals surface area (Å²) in [5.74, 6) is -0.779. The fourth-order valence-corrected chi connectivity index (χ4v) is 2.74. The summed E-state index contributed by atoms with van der Waals surface area (Å²) in [4.78, 5) is 14.5. The van der Waals surface area contributed by atoms with Crippen molar-refractivity contribution in [3.63, 3.8) is 0 Å². The van der Waals surface area contributed by atoms with E-state index in [9.17, 15) is 4.79 Å². The van der Waals surface area contributed by atoms with Gasteiger partial charge in [-0.2, -0.15) is 0 Å². The van der Waals surface area contributed by atoms with E-state index in [0.717, 1.165) is 32.5 Å². The zero-order chi connectivity index (χ0) is 13.0. The number of thioether (sulfide) groups is 1. The predicted molar refractivity (Wildman–Crippen MR) is 73.9 cm³/mol. The van der Waals surface area contributed by atoms with Gasteiger partial charge in [0, 0.05) is 11.4 Å². The standard InChI is InChI=1S/C14H19NO2S/c1-18-13-4-2-11(3-5-13)10-15-8-6-12(7-9-15)14(16)17/h2-5,12H,6-10H2,1H3,(H,16,17). The van der Waals surface area contributed by atoms with E-state index in [2.05, 4.69) is 35.4 Å². The molecule has 0 unspecified atom stereocenters. The Morgan fingerprint density at radius 3 is 2.44 bits per heavy atom. The number of carboxylic acids is 1. The number of likely N-dealkylation sites (tertiary alicyclic amines) is 1. The summed E-state index contributed by atoms with van der Waals surface area (Å²) in [6, 6.07) is 8.61. The van der Waals surface area contributed by atoms with Crippen molar-refractivity contribution >= 4 is 17.7 Å². The number of carbonyl (C=O) groups is 1. The fourth-order valence-electron chi connectivity index (χ4n) is 2.33. The van der Waals surface area contributed by atoms with Gasteiger partial charge in [0.15, 0.2) is 0 Å². The van der Waals surface area contributed by atoms with Crippen LogP contribution in [0.2, 0.25) is 0 Å². The molecule has 3 nitrogen and oxygen atoms in total. The predicted octanol–water partition coefficient (Wildman–Crippen LogP) is 2.71. The molecule has 0 spiro atoms. The van der Waals surface area contributed by atoms with E-state index >= 15 is 0 Å². The van der Waals surface area contributed by atoms with Gasteiger partial charge in [-0.25, -0.2) is 0 Å². The van der Waals surface area contributed by atoms with E-state index < -0.39 is 5.97 Å². The molecule has 1 fully saturated rings.